The Morgan fingerprint density at radius 1 is 1.24 bits per heavy atom. The molecule has 0 spiro atoms. The number of aromatic hydroxyl groups is 1. The molecule has 0 aromatic heterocycles. The second-order valence-electron chi connectivity index (χ2n) is 7.26. The van der Waals surface area contributed by atoms with E-state index in [0.29, 0.717) is 19.0 Å². The number of piperidine rings is 1. The summed E-state index contributed by atoms with van der Waals surface area (Å²) < 4.78 is 0. The minimum Gasteiger partial charge on any atom is -0.508 e. The molecule has 1 aromatic rings. The van der Waals surface area contributed by atoms with E-state index in [1.807, 2.05) is 26.0 Å². The molecule has 1 fully saturated rings. The number of nitrogens with one attached hydrogen (secondary N) is 1. The highest BCUT2D eigenvalue weighted by Gasteiger charge is 2.29. The molecule has 3 amide bonds. The summed E-state index contributed by atoms with van der Waals surface area (Å²) in [5.74, 6) is 0.571. The van der Waals surface area contributed by atoms with Crippen molar-refractivity contribution in [2.45, 2.75) is 38.6 Å². The number of phenols is 1. The van der Waals surface area contributed by atoms with E-state index in [0.717, 1.165) is 18.4 Å². The van der Waals surface area contributed by atoms with E-state index in [-0.39, 0.29) is 23.6 Å². The van der Waals surface area contributed by atoms with Crippen LogP contribution < -0.4 is 5.32 Å². The summed E-state index contributed by atoms with van der Waals surface area (Å²) in [6.07, 6.45) is 1.70. The molecule has 0 aliphatic carbocycles. The minimum atomic E-state index is -0.508. The minimum absolute atomic E-state index is 0.0312. The number of hydrogen-bond donors (Lipinski definition) is 2. The summed E-state index contributed by atoms with van der Waals surface area (Å²) in [6.45, 7) is 5.15. The second kappa shape index (κ2) is 8.23. The Hall–Kier alpha value is -2.24. The zero-order valence-electron chi connectivity index (χ0n) is 15.5. The predicted octanol–water partition coefficient (Wildman–Crippen LogP) is 2.39. The van der Waals surface area contributed by atoms with Gasteiger partial charge in [0.1, 0.15) is 11.8 Å². The maximum absolute atomic E-state index is 12.5. The first-order chi connectivity index (χ1) is 11.8. The maximum Gasteiger partial charge on any atom is 0.318 e. The molecule has 1 aliphatic rings. The molecule has 6 heteroatoms. The molecule has 1 aromatic carbocycles. The Morgan fingerprint density at radius 3 is 2.40 bits per heavy atom. The Kier molecular flexibility index (Phi) is 6.28. The first-order valence-electron chi connectivity index (χ1n) is 8.85. The predicted molar refractivity (Wildman–Crippen MR) is 97.5 cm³/mol. The molecular formula is C19H29N3O3. The van der Waals surface area contributed by atoms with E-state index in [4.69, 9.17) is 0 Å². The standard InChI is InChI=1S/C19H29N3O3/c1-13(2)17(18(24)21(3)4)20-19(25)22-10-8-14(9-11-22)15-6-5-7-16(23)12-15/h5-7,12-14,17,23H,8-11H2,1-4H3,(H,20,25)/t17-/m1/s1. The summed E-state index contributed by atoms with van der Waals surface area (Å²) in [4.78, 5) is 28.1. The lowest BCUT2D eigenvalue weighted by Crippen LogP contribution is -2.54. The number of carbonyl (C=O) groups is 2. The van der Waals surface area contributed by atoms with E-state index in [1.54, 1.807) is 31.1 Å². The van der Waals surface area contributed by atoms with Crippen LogP contribution >= 0.6 is 0 Å². The van der Waals surface area contributed by atoms with Crippen molar-refractivity contribution < 1.29 is 14.7 Å². The van der Waals surface area contributed by atoms with Crippen LogP contribution in [0.1, 0.15) is 38.2 Å². The number of likely N-dealkylation sites (N-methyl/N-ethyl adjacent to an activating group) is 1. The highest BCUT2D eigenvalue weighted by molar-refractivity contribution is 5.87. The topological polar surface area (TPSA) is 72.9 Å². The number of carbonyl (C=O) groups excluding carboxylic acids is 2. The van der Waals surface area contributed by atoms with Crippen molar-refractivity contribution in [2.75, 3.05) is 27.2 Å². The number of urea groups is 1. The molecule has 6 nitrogen and oxygen atoms in total. The van der Waals surface area contributed by atoms with Crippen molar-refractivity contribution in [1.29, 1.82) is 0 Å². The van der Waals surface area contributed by atoms with Crippen molar-refractivity contribution in [2.24, 2.45) is 5.92 Å². The Labute approximate surface area is 149 Å². The third-order valence-corrected chi connectivity index (χ3v) is 4.78. The Bertz CT molecular complexity index is 608. The van der Waals surface area contributed by atoms with Gasteiger partial charge >= 0.3 is 6.03 Å². The number of likely N-dealkylation sites (tertiary alicyclic amines) is 1. The van der Waals surface area contributed by atoms with E-state index in [1.165, 1.54) is 4.90 Å². The van der Waals surface area contributed by atoms with Gasteiger partial charge in [0.15, 0.2) is 0 Å². The quantitative estimate of drug-likeness (QED) is 0.878. The van der Waals surface area contributed by atoms with Gasteiger partial charge in [-0.1, -0.05) is 26.0 Å². The molecule has 0 unspecified atom stereocenters. The summed E-state index contributed by atoms with van der Waals surface area (Å²) in [5, 5.41) is 12.5. The van der Waals surface area contributed by atoms with Crippen LogP contribution in [0.3, 0.4) is 0 Å². The lowest BCUT2D eigenvalue weighted by molar-refractivity contribution is -0.131. The number of phenolic OH excluding ortho intramolecular Hbond substituents is 1. The monoisotopic (exact) mass is 347 g/mol. The van der Waals surface area contributed by atoms with Gasteiger partial charge in [0.05, 0.1) is 0 Å². The Morgan fingerprint density at radius 2 is 1.88 bits per heavy atom. The third-order valence-electron chi connectivity index (χ3n) is 4.78. The van der Waals surface area contributed by atoms with Crippen LogP contribution in [0.2, 0.25) is 0 Å². The zero-order valence-corrected chi connectivity index (χ0v) is 15.5. The van der Waals surface area contributed by atoms with E-state index in [9.17, 15) is 14.7 Å². The van der Waals surface area contributed by atoms with Crippen LogP contribution in [0.25, 0.3) is 0 Å². The van der Waals surface area contributed by atoms with Gasteiger partial charge in [0.25, 0.3) is 0 Å². The fourth-order valence-corrected chi connectivity index (χ4v) is 3.21. The van der Waals surface area contributed by atoms with Gasteiger partial charge in [-0.05, 0) is 42.4 Å². The molecule has 0 saturated carbocycles. The van der Waals surface area contributed by atoms with Gasteiger partial charge in [0, 0.05) is 27.2 Å². The lowest BCUT2D eigenvalue weighted by atomic mass is 9.89. The van der Waals surface area contributed by atoms with Crippen LogP contribution in [0.5, 0.6) is 5.75 Å². The van der Waals surface area contributed by atoms with Crippen LogP contribution in [0.15, 0.2) is 24.3 Å². The van der Waals surface area contributed by atoms with E-state index >= 15 is 0 Å². The second-order valence-corrected chi connectivity index (χ2v) is 7.26. The first-order valence-corrected chi connectivity index (χ1v) is 8.85. The fraction of sp³-hybridized carbons (Fsp3) is 0.579. The van der Waals surface area contributed by atoms with Crippen LogP contribution in [0, 0.1) is 5.92 Å². The van der Waals surface area contributed by atoms with Crippen molar-refractivity contribution in [1.82, 2.24) is 15.1 Å². The van der Waals surface area contributed by atoms with Crippen LogP contribution in [-0.2, 0) is 4.79 Å². The summed E-state index contributed by atoms with van der Waals surface area (Å²) >= 11 is 0. The van der Waals surface area contributed by atoms with E-state index in [2.05, 4.69) is 5.32 Å². The zero-order chi connectivity index (χ0) is 18.6. The van der Waals surface area contributed by atoms with Gasteiger partial charge < -0.3 is 20.2 Å². The highest BCUT2D eigenvalue weighted by Crippen LogP contribution is 2.29. The molecular weight excluding hydrogens is 318 g/mol. The molecule has 1 saturated heterocycles. The summed E-state index contributed by atoms with van der Waals surface area (Å²) in [7, 11) is 3.40. The molecule has 0 radical (unpaired) electrons. The fourth-order valence-electron chi connectivity index (χ4n) is 3.21. The average Bonchev–Trinajstić information content (AvgIpc) is 2.58. The first kappa shape index (κ1) is 19.1. The van der Waals surface area contributed by atoms with Crippen molar-refractivity contribution in [3.05, 3.63) is 29.8 Å². The third kappa shape index (κ3) is 4.87. The van der Waals surface area contributed by atoms with Gasteiger partial charge in [-0.25, -0.2) is 4.79 Å². The van der Waals surface area contributed by atoms with Crippen molar-refractivity contribution >= 4 is 11.9 Å². The molecule has 25 heavy (non-hydrogen) atoms. The Balaban J connectivity index is 1.93. The number of nitrogens with zero attached hydrogens (tertiary/aromatic N) is 2. The van der Waals surface area contributed by atoms with Crippen molar-refractivity contribution in [3.8, 4) is 5.75 Å². The van der Waals surface area contributed by atoms with Crippen LogP contribution in [0.4, 0.5) is 4.79 Å². The maximum atomic E-state index is 12.5. The molecule has 1 aliphatic heterocycles. The highest BCUT2D eigenvalue weighted by atomic mass is 16.3. The van der Waals surface area contributed by atoms with E-state index < -0.39 is 6.04 Å². The average molecular weight is 347 g/mol. The molecule has 2 rings (SSSR count). The molecule has 2 N–H and O–H groups in total. The molecule has 138 valence electrons. The van der Waals surface area contributed by atoms with Crippen molar-refractivity contribution in [3.63, 3.8) is 0 Å². The van der Waals surface area contributed by atoms with Gasteiger partial charge in [-0.3, -0.25) is 4.79 Å². The summed E-state index contributed by atoms with van der Waals surface area (Å²) in [5.41, 5.74) is 1.11. The van der Waals surface area contributed by atoms with Gasteiger partial charge in [-0.15, -0.1) is 0 Å². The molecule has 1 atom stereocenters. The number of hydrogen-bond acceptors (Lipinski definition) is 3. The van der Waals surface area contributed by atoms with Gasteiger partial charge in [0.2, 0.25) is 5.91 Å². The SMILES string of the molecule is CC(C)[C@@H](NC(=O)N1CCC(c2cccc(O)c2)CC1)C(=O)N(C)C. The lowest BCUT2D eigenvalue weighted by Gasteiger charge is -2.34. The van der Waals surface area contributed by atoms with Gasteiger partial charge in [-0.2, -0.15) is 0 Å². The molecule has 0 bridgehead atoms. The normalized spacial score (nSPS) is 16.6. The van der Waals surface area contributed by atoms with Crippen LogP contribution in [-0.4, -0.2) is 60.1 Å². The number of benzene rings is 1. The molecule has 1 heterocycles. The summed E-state index contributed by atoms with van der Waals surface area (Å²) in [6, 6.07) is 6.65. The number of amides is 3. The largest absolute Gasteiger partial charge is 0.508 e. The number of rotatable bonds is 4. The smallest absolute Gasteiger partial charge is 0.318 e.